The Balaban J connectivity index is 2.26. The topological polar surface area (TPSA) is 46.5 Å². The molecular weight excluding hydrogens is 168 g/mol. The fraction of sp³-hybridized carbons (Fsp3) is 0.900. The van der Waals surface area contributed by atoms with Crippen LogP contribution in [0.3, 0.4) is 0 Å². The van der Waals surface area contributed by atoms with Gasteiger partial charge < -0.3 is 9.84 Å². The van der Waals surface area contributed by atoms with Gasteiger partial charge in [-0.25, -0.2) is 0 Å². The van der Waals surface area contributed by atoms with Gasteiger partial charge in [0.1, 0.15) is 0 Å². The second-order valence-electron chi connectivity index (χ2n) is 3.92. The smallest absolute Gasteiger partial charge is 0.305 e. The fourth-order valence-corrected chi connectivity index (χ4v) is 2.00. The van der Waals surface area contributed by atoms with Crippen molar-refractivity contribution < 1.29 is 14.6 Å². The average Bonchev–Trinajstić information content (AvgIpc) is 2.44. The molecular formula is C10H18O3. The number of carbonyl (C=O) groups is 1. The van der Waals surface area contributed by atoms with Gasteiger partial charge in [0.05, 0.1) is 13.2 Å². The molecule has 0 aromatic heterocycles. The van der Waals surface area contributed by atoms with Gasteiger partial charge in [0.15, 0.2) is 0 Å². The van der Waals surface area contributed by atoms with Crippen LogP contribution in [0.4, 0.5) is 0 Å². The molecule has 1 saturated carbocycles. The summed E-state index contributed by atoms with van der Waals surface area (Å²) < 4.78 is 4.55. The molecule has 0 aliphatic heterocycles. The van der Waals surface area contributed by atoms with E-state index in [1.807, 2.05) is 0 Å². The minimum Gasteiger partial charge on any atom is -0.469 e. The largest absolute Gasteiger partial charge is 0.469 e. The van der Waals surface area contributed by atoms with E-state index in [9.17, 15) is 9.90 Å². The molecule has 0 amide bonds. The third kappa shape index (κ3) is 2.69. The zero-order valence-corrected chi connectivity index (χ0v) is 8.32. The van der Waals surface area contributed by atoms with E-state index in [1.54, 1.807) is 0 Å². The molecule has 0 saturated heterocycles. The highest BCUT2D eigenvalue weighted by molar-refractivity contribution is 5.69. The lowest BCUT2D eigenvalue weighted by Gasteiger charge is -2.15. The number of carbonyl (C=O) groups excluding carboxylic acids is 1. The third-order valence-corrected chi connectivity index (χ3v) is 3.01. The molecule has 1 rings (SSSR count). The molecule has 13 heavy (non-hydrogen) atoms. The van der Waals surface area contributed by atoms with Crippen LogP contribution >= 0.6 is 0 Å². The highest BCUT2D eigenvalue weighted by atomic mass is 16.5. The van der Waals surface area contributed by atoms with Crippen molar-refractivity contribution in [2.24, 2.45) is 11.8 Å². The minimum absolute atomic E-state index is 0.174. The Labute approximate surface area is 79.1 Å². The first-order valence-corrected chi connectivity index (χ1v) is 4.90. The van der Waals surface area contributed by atoms with Crippen molar-refractivity contribution in [3.8, 4) is 0 Å². The molecule has 1 N–H and O–H groups in total. The standard InChI is InChI=1S/C10H18O3/c1-7-3-4-8(10(7)12)5-6-9(11)13-2/h7-8,10,12H,3-6H2,1-2H3/t7-,8+,10+/m1/s1. The van der Waals surface area contributed by atoms with Crippen molar-refractivity contribution in [3.05, 3.63) is 0 Å². The first kappa shape index (κ1) is 10.5. The van der Waals surface area contributed by atoms with E-state index in [0.717, 1.165) is 19.3 Å². The van der Waals surface area contributed by atoms with Crippen molar-refractivity contribution in [3.63, 3.8) is 0 Å². The molecule has 3 nitrogen and oxygen atoms in total. The Morgan fingerprint density at radius 1 is 1.54 bits per heavy atom. The first-order valence-electron chi connectivity index (χ1n) is 4.90. The van der Waals surface area contributed by atoms with Crippen LogP contribution in [0, 0.1) is 11.8 Å². The maximum absolute atomic E-state index is 10.9. The predicted octanol–water partition coefficient (Wildman–Crippen LogP) is 1.35. The molecule has 1 fully saturated rings. The number of methoxy groups -OCH3 is 1. The maximum atomic E-state index is 10.9. The van der Waals surface area contributed by atoms with E-state index in [0.29, 0.717) is 18.3 Å². The molecule has 1 aliphatic carbocycles. The van der Waals surface area contributed by atoms with Gasteiger partial charge >= 0.3 is 5.97 Å². The Morgan fingerprint density at radius 3 is 2.69 bits per heavy atom. The second-order valence-corrected chi connectivity index (χ2v) is 3.92. The summed E-state index contributed by atoms with van der Waals surface area (Å²) in [6.07, 6.45) is 3.10. The number of hydrogen-bond donors (Lipinski definition) is 1. The molecule has 1 aliphatic rings. The lowest BCUT2D eigenvalue weighted by atomic mass is 9.97. The summed E-state index contributed by atoms with van der Waals surface area (Å²) in [6, 6.07) is 0. The average molecular weight is 186 g/mol. The molecule has 0 bridgehead atoms. The number of aliphatic hydroxyl groups is 1. The summed E-state index contributed by atoms with van der Waals surface area (Å²) in [5.74, 6) is 0.517. The monoisotopic (exact) mass is 186 g/mol. The minimum atomic E-state index is -0.218. The van der Waals surface area contributed by atoms with Crippen LogP contribution in [0.15, 0.2) is 0 Å². The number of hydrogen-bond acceptors (Lipinski definition) is 3. The van der Waals surface area contributed by atoms with E-state index in [2.05, 4.69) is 11.7 Å². The number of rotatable bonds is 3. The van der Waals surface area contributed by atoms with E-state index < -0.39 is 0 Å². The Morgan fingerprint density at radius 2 is 2.23 bits per heavy atom. The first-order chi connectivity index (χ1) is 6.15. The summed E-state index contributed by atoms with van der Waals surface area (Å²) in [7, 11) is 1.40. The molecule has 0 heterocycles. The Kier molecular flexibility index (Phi) is 3.72. The SMILES string of the molecule is COC(=O)CC[C@@H]1CC[C@@H](C)[C@@H]1O. The van der Waals surface area contributed by atoms with Crippen LogP contribution in [-0.2, 0) is 9.53 Å². The molecule has 0 spiro atoms. The second kappa shape index (κ2) is 4.61. The van der Waals surface area contributed by atoms with Gasteiger partial charge in [-0.05, 0) is 31.1 Å². The molecule has 0 aromatic rings. The zero-order chi connectivity index (χ0) is 9.84. The quantitative estimate of drug-likeness (QED) is 0.677. The van der Waals surface area contributed by atoms with Crippen molar-refractivity contribution in [2.75, 3.05) is 7.11 Å². The van der Waals surface area contributed by atoms with E-state index in [4.69, 9.17) is 0 Å². The highest BCUT2D eigenvalue weighted by Gasteiger charge is 2.31. The van der Waals surface area contributed by atoms with Gasteiger partial charge in [0, 0.05) is 6.42 Å². The fourth-order valence-electron chi connectivity index (χ4n) is 2.00. The number of esters is 1. The van der Waals surface area contributed by atoms with Gasteiger partial charge in [-0.3, -0.25) is 4.79 Å². The molecule has 76 valence electrons. The summed E-state index contributed by atoms with van der Waals surface area (Å²) in [6.45, 7) is 2.06. The molecule has 3 atom stereocenters. The van der Waals surface area contributed by atoms with Gasteiger partial charge in [-0.15, -0.1) is 0 Å². The summed E-state index contributed by atoms with van der Waals surface area (Å²) in [5.41, 5.74) is 0. The zero-order valence-electron chi connectivity index (χ0n) is 8.32. The van der Waals surface area contributed by atoms with Crippen LogP contribution in [0.1, 0.15) is 32.6 Å². The predicted molar refractivity (Wildman–Crippen MR) is 49.1 cm³/mol. The molecule has 3 heteroatoms. The van der Waals surface area contributed by atoms with Crippen molar-refractivity contribution in [2.45, 2.75) is 38.7 Å². The number of aliphatic hydroxyl groups excluding tert-OH is 1. The summed E-state index contributed by atoms with van der Waals surface area (Å²) >= 11 is 0. The van der Waals surface area contributed by atoms with Gasteiger partial charge in [-0.1, -0.05) is 6.92 Å². The maximum Gasteiger partial charge on any atom is 0.305 e. The lowest BCUT2D eigenvalue weighted by molar-refractivity contribution is -0.141. The summed E-state index contributed by atoms with van der Waals surface area (Å²) in [4.78, 5) is 10.9. The molecule has 0 unspecified atom stereocenters. The highest BCUT2D eigenvalue weighted by Crippen LogP contribution is 2.33. The van der Waals surface area contributed by atoms with Crippen molar-refractivity contribution in [1.82, 2.24) is 0 Å². The van der Waals surface area contributed by atoms with E-state index in [-0.39, 0.29) is 12.1 Å². The summed E-state index contributed by atoms with van der Waals surface area (Å²) in [5, 5.41) is 9.69. The van der Waals surface area contributed by atoms with Crippen LogP contribution in [0.2, 0.25) is 0 Å². The van der Waals surface area contributed by atoms with Crippen molar-refractivity contribution >= 4 is 5.97 Å². The van der Waals surface area contributed by atoms with Crippen LogP contribution < -0.4 is 0 Å². The Hall–Kier alpha value is -0.570. The molecule has 0 aromatic carbocycles. The van der Waals surface area contributed by atoms with Crippen molar-refractivity contribution in [1.29, 1.82) is 0 Å². The van der Waals surface area contributed by atoms with Gasteiger partial charge in [0.25, 0.3) is 0 Å². The molecule has 0 radical (unpaired) electrons. The van der Waals surface area contributed by atoms with Crippen LogP contribution in [0.5, 0.6) is 0 Å². The third-order valence-electron chi connectivity index (χ3n) is 3.01. The van der Waals surface area contributed by atoms with Crippen LogP contribution in [0.25, 0.3) is 0 Å². The van der Waals surface area contributed by atoms with Gasteiger partial charge in [0.2, 0.25) is 0 Å². The normalized spacial score (nSPS) is 33.3. The van der Waals surface area contributed by atoms with E-state index in [1.165, 1.54) is 7.11 Å². The van der Waals surface area contributed by atoms with Crippen LogP contribution in [-0.4, -0.2) is 24.3 Å². The number of ether oxygens (including phenoxy) is 1. The van der Waals surface area contributed by atoms with E-state index >= 15 is 0 Å². The Bertz CT molecular complexity index is 179. The lowest BCUT2D eigenvalue weighted by Crippen LogP contribution is -2.19. The van der Waals surface area contributed by atoms with Gasteiger partial charge in [-0.2, -0.15) is 0 Å².